The SMILES string of the molecule is CN(C)c1ccc(C=C2CSC(=S)NC2=O)cc1. The molecule has 1 aliphatic heterocycles. The number of thioether (sulfide) groups is 1. The van der Waals surface area contributed by atoms with E-state index in [4.69, 9.17) is 12.2 Å². The first-order valence-electron chi connectivity index (χ1n) is 5.52. The van der Waals surface area contributed by atoms with Gasteiger partial charge < -0.3 is 10.2 Å². The van der Waals surface area contributed by atoms with Gasteiger partial charge in [0, 0.05) is 31.1 Å². The van der Waals surface area contributed by atoms with E-state index in [1.165, 1.54) is 11.8 Å². The Bertz CT molecular complexity index is 506. The third kappa shape index (κ3) is 3.11. The van der Waals surface area contributed by atoms with Crippen molar-refractivity contribution in [3.8, 4) is 0 Å². The van der Waals surface area contributed by atoms with E-state index < -0.39 is 0 Å². The van der Waals surface area contributed by atoms with E-state index in [-0.39, 0.29) is 5.91 Å². The van der Waals surface area contributed by atoms with Crippen molar-refractivity contribution in [3.63, 3.8) is 0 Å². The summed E-state index contributed by atoms with van der Waals surface area (Å²) in [4.78, 5) is 13.7. The Balaban J connectivity index is 2.17. The lowest BCUT2D eigenvalue weighted by Crippen LogP contribution is -2.33. The third-order valence-corrected chi connectivity index (χ3v) is 3.89. The number of amides is 1. The predicted molar refractivity (Wildman–Crippen MR) is 81.9 cm³/mol. The lowest BCUT2D eigenvalue weighted by Gasteiger charge is -2.15. The zero-order valence-corrected chi connectivity index (χ0v) is 11.9. The number of thiocarbonyl (C=S) groups is 1. The van der Waals surface area contributed by atoms with Gasteiger partial charge in [0.05, 0.1) is 0 Å². The lowest BCUT2D eigenvalue weighted by molar-refractivity contribution is -0.115. The van der Waals surface area contributed by atoms with Gasteiger partial charge in [-0.3, -0.25) is 4.79 Å². The Morgan fingerprint density at radius 3 is 2.56 bits per heavy atom. The highest BCUT2D eigenvalue weighted by Crippen LogP contribution is 2.19. The van der Waals surface area contributed by atoms with E-state index >= 15 is 0 Å². The van der Waals surface area contributed by atoms with Crippen molar-refractivity contribution in [1.82, 2.24) is 5.32 Å². The van der Waals surface area contributed by atoms with E-state index in [0.717, 1.165) is 16.8 Å². The van der Waals surface area contributed by atoms with Gasteiger partial charge in [-0.15, -0.1) is 0 Å². The molecule has 0 radical (unpaired) electrons. The molecular weight excluding hydrogens is 264 g/mol. The van der Waals surface area contributed by atoms with Gasteiger partial charge in [-0.25, -0.2) is 0 Å². The van der Waals surface area contributed by atoms with E-state index in [0.29, 0.717) is 10.1 Å². The van der Waals surface area contributed by atoms with Crippen LogP contribution in [0.4, 0.5) is 5.69 Å². The molecule has 18 heavy (non-hydrogen) atoms. The molecule has 0 saturated carbocycles. The molecule has 1 N–H and O–H groups in total. The Morgan fingerprint density at radius 1 is 1.33 bits per heavy atom. The smallest absolute Gasteiger partial charge is 0.253 e. The minimum absolute atomic E-state index is 0.0876. The third-order valence-electron chi connectivity index (χ3n) is 2.62. The van der Waals surface area contributed by atoms with Crippen LogP contribution in [0.5, 0.6) is 0 Å². The number of anilines is 1. The summed E-state index contributed by atoms with van der Waals surface area (Å²) < 4.78 is 0.556. The van der Waals surface area contributed by atoms with Crippen molar-refractivity contribution < 1.29 is 4.79 Å². The summed E-state index contributed by atoms with van der Waals surface area (Å²) in [5.74, 6) is 0.551. The average molecular weight is 278 g/mol. The summed E-state index contributed by atoms with van der Waals surface area (Å²) >= 11 is 6.42. The second-order valence-electron chi connectivity index (χ2n) is 4.19. The van der Waals surface area contributed by atoms with Gasteiger partial charge in [-0.1, -0.05) is 36.1 Å². The minimum Gasteiger partial charge on any atom is -0.378 e. The Hall–Kier alpha value is -1.33. The van der Waals surface area contributed by atoms with E-state index in [1.807, 2.05) is 49.3 Å². The number of carbonyl (C=O) groups is 1. The first-order chi connectivity index (χ1) is 8.56. The number of benzene rings is 1. The van der Waals surface area contributed by atoms with Crippen molar-refractivity contribution in [2.75, 3.05) is 24.7 Å². The van der Waals surface area contributed by atoms with Crippen LogP contribution < -0.4 is 10.2 Å². The topological polar surface area (TPSA) is 32.3 Å². The van der Waals surface area contributed by atoms with E-state index in [9.17, 15) is 4.79 Å². The second-order valence-corrected chi connectivity index (χ2v) is 5.84. The number of hydrogen-bond acceptors (Lipinski definition) is 4. The molecule has 0 atom stereocenters. The molecular formula is C13H14N2OS2. The largest absolute Gasteiger partial charge is 0.378 e. The highest BCUT2D eigenvalue weighted by Gasteiger charge is 2.18. The molecule has 5 heteroatoms. The van der Waals surface area contributed by atoms with Gasteiger partial charge in [0.1, 0.15) is 4.32 Å². The molecule has 2 rings (SSSR count). The van der Waals surface area contributed by atoms with Crippen LogP contribution in [0, 0.1) is 0 Å². The van der Waals surface area contributed by atoms with Crippen LogP contribution in [-0.4, -0.2) is 30.1 Å². The van der Waals surface area contributed by atoms with Gasteiger partial charge in [0.15, 0.2) is 0 Å². The molecule has 94 valence electrons. The maximum atomic E-state index is 11.7. The number of hydrogen-bond donors (Lipinski definition) is 1. The molecule has 1 aromatic carbocycles. The molecule has 3 nitrogen and oxygen atoms in total. The standard InChI is InChI=1S/C13H14N2OS2/c1-15(2)11-5-3-9(4-6-11)7-10-8-18-13(17)14-12(10)16/h3-7H,8H2,1-2H3,(H,14,16,17). The Labute approximate surface area is 116 Å². The summed E-state index contributed by atoms with van der Waals surface area (Å²) in [6.45, 7) is 0. The first kappa shape index (κ1) is 13.1. The lowest BCUT2D eigenvalue weighted by atomic mass is 10.1. The molecule has 0 aliphatic carbocycles. The molecule has 1 amide bonds. The van der Waals surface area contributed by atoms with Crippen LogP contribution in [0.25, 0.3) is 6.08 Å². The van der Waals surface area contributed by atoms with Crippen molar-refractivity contribution in [3.05, 3.63) is 35.4 Å². The highest BCUT2D eigenvalue weighted by molar-refractivity contribution is 8.23. The van der Waals surface area contributed by atoms with Gasteiger partial charge >= 0.3 is 0 Å². The Morgan fingerprint density at radius 2 is 2.00 bits per heavy atom. The Kier molecular flexibility index (Phi) is 4.04. The van der Waals surface area contributed by atoms with Crippen LogP contribution in [0.15, 0.2) is 29.8 Å². The van der Waals surface area contributed by atoms with Crippen LogP contribution in [0.1, 0.15) is 5.56 Å². The second kappa shape index (κ2) is 5.54. The van der Waals surface area contributed by atoms with Gasteiger partial charge in [-0.05, 0) is 23.8 Å². The molecule has 1 heterocycles. The maximum absolute atomic E-state index is 11.7. The van der Waals surface area contributed by atoms with Crippen LogP contribution in [-0.2, 0) is 4.79 Å². The van der Waals surface area contributed by atoms with Crippen molar-refractivity contribution >= 4 is 46.0 Å². The number of rotatable bonds is 2. The molecule has 1 saturated heterocycles. The van der Waals surface area contributed by atoms with Gasteiger partial charge in [0.2, 0.25) is 0 Å². The van der Waals surface area contributed by atoms with Gasteiger partial charge in [-0.2, -0.15) is 0 Å². The van der Waals surface area contributed by atoms with E-state index in [1.54, 1.807) is 0 Å². The molecule has 0 spiro atoms. The van der Waals surface area contributed by atoms with Crippen molar-refractivity contribution in [2.45, 2.75) is 0 Å². The maximum Gasteiger partial charge on any atom is 0.253 e. The highest BCUT2D eigenvalue weighted by atomic mass is 32.2. The summed E-state index contributed by atoms with van der Waals surface area (Å²) in [5, 5.41) is 2.66. The summed E-state index contributed by atoms with van der Waals surface area (Å²) in [7, 11) is 4.00. The van der Waals surface area contributed by atoms with Crippen LogP contribution in [0.3, 0.4) is 0 Å². The quantitative estimate of drug-likeness (QED) is 0.664. The van der Waals surface area contributed by atoms with Crippen LogP contribution >= 0.6 is 24.0 Å². The van der Waals surface area contributed by atoms with E-state index in [2.05, 4.69) is 5.32 Å². The molecule has 1 aromatic rings. The van der Waals surface area contributed by atoms with Crippen molar-refractivity contribution in [1.29, 1.82) is 0 Å². The van der Waals surface area contributed by atoms with Crippen molar-refractivity contribution in [2.24, 2.45) is 0 Å². The first-order valence-corrected chi connectivity index (χ1v) is 6.92. The molecule has 1 fully saturated rings. The monoisotopic (exact) mass is 278 g/mol. The fraction of sp³-hybridized carbons (Fsp3) is 0.231. The van der Waals surface area contributed by atoms with Gasteiger partial charge in [0.25, 0.3) is 5.91 Å². The summed E-state index contributed by atoms with van der Waals surface area (Å²) in [6, 6.07) is 8.08. The number of nitrogens with zero attached hydrogens (tertiary/aromatic N) is 1. The number of nitrogens with one attached hydrogen (secondary N) is 1. The fourth-order valence-electron chi connectivity index (χ4n) is 1.59. The molecule has 0 aromatic heterocycles. The average Bonchev–Trinajstić information content (AvgIpc) is 2.33. The minimum atomic E-state index is -0.0876. The molecule has 1 aliphatic rings. The molecule has 0 unspecified atom stereocenters. The molecule has 0 bridgehead atoms. The number of carbonyl (C=O) groups excluding carboxylic acids is 1. The predicted octanol–water partition coefficient (Wildman–Crippen LogP) is 2.28. The normalized spacial score (nSPS) is 17.8. The summed E-state index contributed by atoms with van der Waals surface area (Å²) in [6.07, 6.45) is 1.91. The zero-order chi connectivity index (χ0) is 13.1. The fourth-order valence-corrected chi connectivity index (χ4v) is 2.53. The zero-order valence-electron chi connectivity index (χ0n) is 10.3. The van der Waals surface area contributed by atoms with Crippen LogP contribution in [0.2, 0.25) is 0 Å². The summed E-state index contributed by atoms with van der Waals surface area (Å²) in [5.41, 5.74) is 2.92.